The van der Waals surface area contributed by atoms with Gasteiger partial charge in [0.05, 0.1) is 32.0 Å². The molecule has 2 aliphatic rings. The number of carbonyl (C=O) groups excluding carboxylic acids is 1. The van der Waals surface area contributed by atoms with Gasteiger partial charge in [0, 0.05) is 6.42 Å². The predicted octanol–water partition coefficient (Wildman–Crippen LogP) is 13.7. The minimum Gasteiger partial charge on any atom is -0.394 e. The predicted molar refractivity (Wildman–Crippen MR) is 337 cm³/mol. The topological polar surface area (TPSA) is 228 Å². The Morgan fingerprint density at radius 1 is 0.434 bits per heavy atom. The van der Waals surface area contributed by atoms with Crippen LogP contribution in [-0.4, -0.2) is 140 Å². The number of rotatable bonds is 57. The van der Waals surface area contributed by atoms with Crippen molar-refractivity contribution in [1.29, 1.82) is 0 Å². The summed E-state index contributed by atoms with van der Waals surface area (Å²) in [4.78, 5) is 13.3. The molecule has 0 bridgehead atoms. The molecular weight excluding hydrogens is 1050 g/mol. The molecule has 488 valence electrons. The SMILES string of the molecule is CCCCCCC/C=C\C/C=C\CCCCCCCCCCCCCCCCCCCC(=O)NC(COC1OC(CO)C(OC2OC(CO)C(O)C(O)C2O)C(O)C1O)C(O)/C=C/CCCCCCCCCCCCCCCCCCCC. The molecule has 12 unspecified atom stereocenters. The van der Waals surface area contributed by atoms with Crippen molar-refractivity contribution in [3.05, 3.63) is 36.5 Å². The first kappa shape index (κ1) is 77.3. The molecule has 1 amide bonds. The van der Waals surface area contributed by atoms with Gasteiger partial charge in [-0.15, -0.1) is 0 Å². The van der Waals surface area contributed by atoms with Crippen molar-refractivity contribution in [2.45, 2.75) is 376 Å². The third-order valence-corrected chi connectivity index (χ3v) is 17.1. The van der Waals surface area contributed by atoms with Crippen LogP contribution < -0.4 is 5.32 Å². The zero-order valence-electron chi connectivity index (χ0n) is 53.0. The van der Waals surface area contributed by atoms with Crippen molar-refractivity contribution < 1.29 is 64.6 Å². The molecule has 12 atom stereocenters. The lowest BCUT2D eigenvalue weighted by Gasteiger charge is -2.46. The van der Waals surface area contributed by atoms with Gasteiger partial charge in [0.1, 0.15) is 48.8 Å². The Morgan fingerprint density at radius 2 is 0.795 bits per heavy atom. The normalized spacial score (nSPS) is 24.0. The van der Waals surface area contributed by atoms with Gasteiger partial charge in [-0.1, -0.05) is 281 Å². The number of hydrogen-bond acceptors (Lipinski definition) is 13. The molecule has 0 saturated carbocycles. The maximum atomic E-state index is 13.3. The Bertz CT molecular complexity index is 1530. The minimum absolute atomic E-state index is 0.234. The molecule has 0 aromatic carbocycles. The van der Waals surface area contributed by atoms with Crippen molar-refractivity contribution >= 4 is 5.91 Å². The molecule has 0 aromatic rings. The number of nitrogens with one attached hydrogen (secondary N) is 1. The summed E-state index contributed by atoms with van der Waals surface area (Å²) in [6.45, 7) is 2.83. The average Bonchev–Trinajstić information content (AvgIpc) is 3.65. The van der Waals surface area contributed by atoms with Crippen molar-refractivity contribution in [2.24, 2.45) is 0 Å². The van der Waals surface area contributed by atoms with Crippen LogP contribution in [-0.2, 0) is 23.7 Å². The molecule has 0 aromatic heterocycles. The van der Waals surface area contributed by atoms with Gasteiger partial charge in [-0.05, 0) is 51.4 Å². The summed E-state index contributed by atoms with van der Waals surface area (Å²) < 4.78 is 22.9. The highest BCUT2D eigenvalue weighted by atomic mass is 16.7. The van der Waals surface area contributed by atoms with Gasteiger partial charge in [0.25, 0.3) is 0 Å². The van der Waals surface area contributed by atoms with Crippen LogP contribution in [0.2, 0.25) is 0 Å². The first-order valence-corrected chi connectivity index (χ1v) is 34.7. The first-order valence-electron chi connectivity index (χ1n) is 34.7. The summed E-state index contributed by atoms with van der Waals surface area (Å²) in [6, 6.07) is -0.914. The molecule has 14 heteroatoms. The van der Waals surface area contributed by atoms with E-state index in [9.17, 15) is 45.6 Å². The number of unbranched alkanes of at least 4 members (excludes halogenated alkanes) is 40. The van der Waals surface area contributed by atoms with Crippen LogP contribution in [0.5, 0.6) is 0 Å². The van der Waals surface area contributed by atoms with Crippen LogP contribution in [0.15, 0.2) is 36.5 Å². The number of aliphatic hydroxyl groups is 8. The summed E-state index contributed by atoms with van der Waals surface area (Å²) in [6.07, 6.45) is 51.9. The maximum Gasteiger partial charge on any atom is 0.220 e. The molecule has 2 aliphatic heterocycles. The smallest absolute Gasteiger partial charge is 0.220 e. The molecule has 9 N–H and O–H groups in total. The fourth-order valence-corrected chi connectivity index (χ4v) is 11.5. The van der Waals surface area contributed by atoms with Crippen LogP contribution in [0.4, 0.5) is 0 Å². The molecular formula is C69H129NO13. The van der Waals surface area contributed by atoms with E-state index in [1.165, 1.54) is 231 Å². The molecule has 2 fully saturated rings. The van der Waals surface area contributed by atoms with Gasteiger partial charge in [0.15, 0.2) is 12.6 Å². The molecule has 2 saturated heterocycles. The highest BCUT2D eigenvalue weighted by molar-refractivity contribution is 5.76. The van der Waals surface area contributed by atoms with E-state index in [1.807, 2.05) is 6.08 Å². The second-order valence-electron chi connectivity index (χ2n) is 24.7. The molecule has 14 nitrogen and oxygen atoms in total. The van der Waals surface area contributed by atoms with Gasteiger partial charge >= 0.3 is 0 Å². The van der Waals surface area contributed by atoms with E-state index in [0.29, 0.717) is 6.42 Å². The summed E-state index contributed by atoms with van der Waals surface area (Å²) in [5, 5.41) is 87.4. The van der Waals surface area contributed by atoms with Gasteiger partial charge in [-0.25, -0.2) is 0 Å². The second kappa shape index (κ2) is 54.4. The lowest BCUT2D eigenvalue weighted by molar-refractivity contribution is -0.359. The van der Waals surface area contributed by atoms with Crippen molar-refractivity contribution in [3.63, 3.8) is 0 Å². The highest BCUT2D eigenvalue weighted by Crippen LogP contribution is 2.30. The standard InChI is InChI=1S/C69H129NO13/c1-3-5-7-9-11-13-15-17-19-21-23-25-26-27-28-29-30-31-32-33-35-37-39-41-43-45-47-49-51-53-61(74)70-57(58(73)52-50-48-46-44-42-40-38-36-34-24-22-20-18-16-14-12-10-8-6-4-2)56-80-68-66(79)64(77)67(60(55-72)82-68)83-69-65(78)63(76)62(75)59(54-71)81-69/h15,17,21,23,50,52,57-60,62-69,71-73,75-79H,3-14,16,18-20,22,24-49,51,53-56H2,1-2H3,(H,70,74)/b17-15-,23-21-,52-50+. The van der Waals surface area contributed by atoms with E-state index in [0.717, 1.165) is 44.9 Å². The quantitative estimate of drug-likeness (QED) is 0.0204. The molecule has 0 spiro atoms. The van der Waals surface area contributed by atoms with Crippen molar-refractivity contribution in [1.82, 2.24) is 5.32 Å². The number of allylic oxidation sites excluding steroid dienone is 5. The minimum atomic E-state index is -1.79. The van der Waals surface area contributed by atoms with E-state index >= 15 is 0 Å². The lowest BCUT2D eigenvalue weighted by Crippen LogP contribution is -2.65. The highest BCUT2D eigenvalue weighted by Gasteiger charge is 2.51. The van der Waals surface area contributed by atoms with Crippen LogP contribution in [0.25, 0.3) is 0 Å². The van der Waals surface area contributed by atoms with Crippen LogP contribution in [0.3, 0.4) is 0 Å². The summed E-state index contributed by atoms with van der Waals surface area (Å²) in [5.74, 6) is -0.234. The second-order valence-corrected chi connectivity index (χ2v) is 24.7. The molecule has 2 heterocycles. The number of carbonyl (C=O) groups is 1. The molecule has 0 aliphatic carbocycles. The van der Waals surface area contributed by atoms with Gasteiger partial charge in [-0.2, -0.15) is 0 Å². The molecule has 83 heavy (non-hydrogen) atoms. The van der Waals surface area contributed by atoms with E-state index in [4.69, 9.17) is 18.9 Å². The van der Waals surface area contributed by atoms with Crippen LogP contribution >= 0.6 is 0 Å². The maximum absolute atomic E-state index is 13.3. The summed E-state index contributed by atoms with van der Waals surface area (Å²) in [5.41, 5.74) is 0. The Hall–Kier alpha value is -1.79. The Labute approximate surface area is 506 Å². The van der Waals surface area contributed by atoms with Crippen LogP contribution in [0, 0.1) is 0 Å². The van der Waals surface area contributed by atoms with E-state index in [2.05, 4.69) is 43.5 Å². The number of hydrogen-bond donors (Lipinski definition) is 9. The van der Waals surface area contributed by atoms with E-state index < -0.39 is 86.8 Å². The molecule has 0 radical (unpaired) electrons. The number of amides is 1. The zero-order valence-corrected chi connectivity index (χ0v) is 53.0. The zero-order chi connectivity index (χ0) is 60.2. The first-order chi connectivity index (χ1) is 40.6. The monoisotopic (exact) mass is 1180 g/mol. The van der Waals surface area contributed by atoms with E-state index in [1.54, 1.807) is 6.08 Å². The van der Waals surface area contributed by atoms with Gasteiger partial charge < -0.3 is 65.1 Å². The lowest BCUT2D eigenvalue weighted by atomic mass is 9.97. The number of aliphatic hydroxyl groups excluding tert-OH is 8. The van der Waals surface area contributed by atoms with Crippen molar-refractivity contribution in [3.8, 4) is 0 Å². The third kappa shape index (κ3) is 39.0. The average molecular weight is 1180 g/mol. The van der Waals surface area contributed by atoms with Crippen LogP contribution in [0.1, 0.15) is 303 Å². The van der Waals surface area contributed by atoms with Gasteiger partial charge in [-0.3, -0.25) is 4.79 Å². The number of ether oxygens (including phenoxy) is 4. The summed E-state index contributed by atoms with van der Waals surface area (Å²) in [7, 11) is 0. The summed E-state index contributed by atoms with van der Waals surface area (Å²) >= 11 is 0. The van der Waals surface area contributed by atoms with Gasteiger partial charge in [0.2, 0.25) is 5.91 Å². The third-order valence-electron chi connectivity index (χ3n) is 17.1. The Morgan fingerprint density at radius 3 is 1.20 bits per heavy atom. The molecule has 2 rings (SSSR count). The Kier molecular flexibility index (Phi) is 50.6. The largest absolute Gasteiger partial charge is 0.394 e. The Balaban J connectivity index is 1.67. The van der Waals surface area contributed by atoms with Crippen molar-refractivity contribution in [2.75, 3.05) is 19.8 Å². The fraction of sp³-hybridized carbons (Fsp3) is 0.899. The fourth-order valence-electron chi connectivity index (χ4n) is 11.5. The van der Waals surface area contributed by atoms with E-state index in [-0.39, 0.29) is 18.9 Å².